The van der Waals surface area contributed by atoms with E-state index < -0.39 is 5.97 Å². The second-order valence-electron chi connectivity index (χ2n) is 2.78. The third-order valence-corrected chi connectivity index (χ3v) is 1.60. The van der Waals surface area contributed by atoms with Crippen molar-refractivity contribution in [3.63, 3.8) is 0 Å². The summed E-state index contributed by atoms with van der Waals surface area (Å²) in [7, 11) is 0. The van der Waals surface area contributed by atoms with Crippen LogP contribution in [0, 0.1) is 0 Å². The normalized spacial score (nSPS) is 9.33. The standard InChI is InChI=1S/C11H12O4/c12-7-4-8-14-11(13)9-15-10-5-2-1-3-6-10/h1-3,5-7H,4,8-9H2. The minimum atomic E-state index is -0.472. The number of carbonyl (C=O) groups excluding carboxylic acids is 2. The van der Waals surface area contributed by atoms with Crippen molar-refractivity contribution in [1.29, 1.82) is 0 Å². The van der Waals surface area contributed by atoms with Crippen LogP contribution in [0.2, 0.25) is 0 Å². The first kappa shape index (κ1) is 11.2. The molecule has 0 unspecified atom stereocenters. The summed E-state index contributed by atoms with van der Waals surface area (Å²) in [4.78, 5) is 21.0. The molecule has 0 fully saturated rings. The lowest BCUT2D eigenvalue weighted by atomic mass is 10.3. The van der Waals surface area contributed by atoms with Crippen LogP contribution in [-0.4, -0.2) is 25.5 Å². The van der Waals surface area contributed by atoms with Crippen molar-refractivity contribution < 1.29 is 19.1 Å². The van der Waals surface area contributed by atoms with Gasteiger partial charge in [-0.25, -0.2) is 4.79 Å². The van der Waals surface area contributed by atoms with Gasteiger partial charge in [-0.2, -0.15) is 0 Å². The van der Waals surface area contributed by atoms with Gasteiger partial charge in [-0.15, -0.1) is 0 Å². The van der Waals surface area contributed by atoms with Crippen LogP contribution in [0.5, 0.6) is 5.75 Å². The molecule has 0 aliphatic heterocycles. The van der Waals surface area contributed by atoms with Crippen LogP contribution >= 0.6 is 0 Å². The Hall–Kier alpha value is -1.84. The molecule has 0 radical (unpaired) electrons. The average molecular weight is 208 g/mol. The highest BCUT2D eigenvalue weighted by atomic mass is 16.6. The molecule has 0 aliphatic carbocycles. The van der Waals surface area contributed by atoms with E-state index in [9.17, 15) is 9.59 Å². The zero-order chi connectivity index (χ0) is 10.9. The van der Waals surface area contributed by atoms with Crippen LogP contribution in [0.1, 0.15) is 6.42 Å². The summed E-state index contributed by atoms with van der Waals surface area (Å²) in [5, 5.41) is 0. The Kier molecular flexibility index (Phi) is 4.94. The van der Waals surface area contributed by atoms with Gasteiger partial charge in [0, 0.05) is 6.42 Å². The Morgan fingerprint density at radius 2 is 2.00 bits per heavy atom. The molecular formula is C11H12O4. The zero-order valence-electron chi connectivity index (χ0n) is 8.22. The van der Waals surface area contributed by atoms with Gasteiger partial charge in [0.1, 0.15) is 12.0 Å². The number of para-hydroxylation sites is 1. The third-order valence-electron chi connectivity index (χ3n) is 1.60. The van der Waals surface area contributed by atoms with Gasteiger partial charge in [0.15, 0.2) is 6.61 Å². The van der Waals surface area contributed by atoms with E-state index in [-0.39, 0.29) is 19.6 Å². The first-order chi connectivity index (χ1) is 7.33. The van der Waals surface area contributed by atoms with Crippen LogP contribution in [0.3, 0.4) is 0 Å². The van der Waals surface area contributed by atoms with Gasteiger partial charge in [0.05, 0.1) is 6.61 Å². The molecule has 4 heteroatoms. The lowest BCUT2D eigenvalue weighted by Crippen LogP contribution is -2.15. The summed E-state index contributed by atoms with van der Waals surface area (Å²) in [5.74, 6) is 0.144. The summed E-state index contributed by atoms with van der Waals surface area (Å²) in [6.07, 6.45) is 0.919. The summed E-state index contributed by atoms with van der Waals surface area (Å²) in [6, 6.07) is 8.98. The first-order valence-electron chi connectivity index (χ1n) is 4.60. The highest BCUT2D eigenvalue weighted by Crippen LogP contribution is 2.07. The van der Waals surface area contributed by atoms with Crippen molar-refractivity contribution in [2.45, 2.75) is 6.42 Å². The third kappa shape index (κ3) is 4.81. The lowest BCUT2D eigenvalue weighted by molar-refractivity contribution is -0.146. The fourth-order valence-electron chi connectivity index (χ4n) is 0.922. The van der Waals surface area contributed by atoms with E-state index in [1.165, 1.54) is 0 Å². The molecule has 1 aromatic rings. The van der Waals surface area contributed by atoms with Gasteiger partial charge in [0.2, 0.25) is 0 Å². The van der Waals surface area contributed by atoms with Gasteiger partial charge in [-0.05, 0) is 12.1 Å². The number of benzene rings is 1. The van der Waals surface area contributed by atoms with E-state index in [4.69, 9.17) is 9.47 Å². The second kappa shape index (κ2) is 6.59. The summed E-state index contributed by atoms with van der Waals surface area (Å²) < 4.78 is 9.84. The Morgan fingerprint density at radius 1 is 1.27 bits per heavy atom. The minimum Gasteiger partial charge on any atom is -0.482 e. The monoisotopic (exact) mass is 208 g/mol. The first-order valence-corrected chi connectivity index (χ1v) is 4.60. The smallest absolute Gasteiger partial charge is 0.344 e. The predicted molar refractivity (Wildman–Crippen MR) is 53.6 cm³/mol. The van der Waals surface area contributed by atoms with E-state index >= 15 is 0 Å². The molecule has 1 rings (SSSR count). The van der Waals surface area contributed by atoms with Crippen molar-refractivity contribution in [1.82, 2.24) is 0 Å². The predicted octanol–water partition coefficient (Wildman–Crippen LogP) is 1.20. The van der Waals surface area contributed by atoms with Crippen LogP contribution in [-0.2, 0) is 14.3 Å². The molecule has 4 nitrogen and oxygen atoms in total. The van der Waals surface area contributed by atoms with Crippen LogP contribution in [0.4, 0.5) is 0 Å². The molecule has 0 saturated carbocycles. The number of carbonyl (C=O) groups is 2. The Balaban J connectivity index is 2.20. The number of rotatable bonds is 6. The fraction of sp³-hybridized carbons (Fsp3) is 0.273. The molecule has 15 heavy (non-hydrogen) atoms. The minimum absolute atomic E-state index is 0.112. The molecule has 0 N–H and O–H groups in total. The Labute approximate surface area is 87.8 Å². The van der Waals surface area contributed by atoms with Crippen molar-refractivity contribution in [3.05, 3.63) is 30.3 Å². The van der Waals surface area contributed by atoms with Crippen molar-refractivity contribution in [2.75, 3.05) is 13.2 Å². The van der Waals surface area contributed by atoms with E-state index in [0.29, 0.717) is 12.0 Å². The topological polar surface area (TPSA) is 52.6 Å². The summed E-state index contributed by atoms with van der Waals surface area (Å²) >= 11 is 0. The maximum Gasteiger partial charge on any atom is 0.344 e. The summed E-state index contributed by atoms with van der Waals surface area (Å²) in [6.45, 7) is -0.0245. The van der Waals surface area contributed by atoms with Gasteiger partial charge in [-0.1, -0.05) is 18.2 Å². The molecule has 1 aromatic carbocycles. The highest BCUT2D eigenvalue weighted by molar-refractivity contribution is 5.71. The summed E-state index contributed by atoms with van der Waals surface area (Å²) in [5.41, 5.74) is 0. The van der Waals surface area contributed by atoms with E-state index in [1.807, 2.05) is 18.2 Å². The molecule has 0 spiro atoms. The SMILES string of the molecule is O=CCCOC(=O)COc1ccccc1. The molecule has 0 aromatic heterocycles. The highest BCUT2D eigenvalue weighted by Gasteiger charge is 2.02. The molecular weight excluding hydrogens is 196 g/mol. The quantitative estimate of drug-likeness (QED) is 0.400. The molecule has 0 aliphatic rings. The van der Waals surface area contributed by atoms with Crippen molar-refractivity contribution in [2.24, 2.45) is 0 Å². The van der Waals surface area contributed by atoms with Crippen molar-refractivity contribution in [3.8, 4) is 5.75 Å². The molecule has 0 heterocycles. The Morgan fingerprint density at radius 3 is 2.67 bits per heavy atom. The van der Waals surface area contributed by atoms with Crippen LogP contribution in [0.25, 0.3) is 0 Å². The number of ether oxygens (including phenoxy) is 2. The zero-order valence-corrected chi connectivity index (χ0v) is 8.22. The molecule has 80 valence electrons. The Bertz CT molecular complexity index is 308. The second-order valence-corrected chi connectivity index (χ2v) is 2.78. The van der Waals surface area contributed by atoms with Crippen LogP contribution < -0.4 is 4.74 Å². The maximum absolute atomic E-state index is 11.0. The van der Waals surface area contributed by atoms with Gasteiger partial charge in [-0.3, -0.25) is 0 Å². The number of aldehydes is 1. The van der Waals surface area contributed by atoms with Crippen molar-refractivity contribution >= 4 is 12.3 Å². The lowest BCUT2D eigenvalue weighted by Gasteiger charge is -2.05. The van der Waals surface area contributed by atoms with Gasteiger partial charge >= 0.3 is 5.97 Å². The maximum atomic E-state index is 11.0. The van der Waals surface area contributed by atoms with E-state index in [2.05, 4.69) is 0 Å². The molecule has 0 saturated heterocycles. The number of esters is 1. The average Bonchev–Trinajstić information content (AvgIpc) is 2.28. The van der Waals surface area contributed by atoms with E-state index in [1.54, 1.807) is 12.1 Å². The number of hydrogen-bond donors (Lipinski definition) is 0. The number of hydrogen-bond acceptors (Lipinski definition) is 4. The van der Waals surface area contributed by atoms with E-state index in [0.717, 1.165) is 0 Å². The molecule has 0 bridgehead atoms. The van der Waals surface area contributed by atoms with Gasteiger partial charge in [0.25, 0.3) is 0 Å². The molecule has 0 atom stereocenters. The largest absolute Gasteiger partial charge is 0.482 e. The molecule has 0 amide bonds. The fourth-order valence-corrected chi connectivity index (χ4v) is 0.922. The van der Waals surface area contributed by atoms with Gasteiger partial charge < -0.3 is 14.3 Å². The van der Waals surface area contributed by atoms with Crippen LogP contribution in [0.15, 0.2) is 30.3 Å².